The lowest BCUT2D eigenvalue weighted by molar-refractivity contribution is -0.0505. The van der Waals surface area contributed by atoms with Crippen LogP contribution in [0.3, 0.4) is 0 Å². The topological polar surface area (TPSA) is 97.4 Å². The maximum Gasteiger partial charge on any atom is 0.387 e. The van der Waals surface area contributed by atoms with Crippen LogP contribution in [0, 0.1) is 11.3 Å². The van der Waals surface area contributed by atoms with E-state index in [4.69, 9.17) is 5.73 Å². The maximum absolute atomic E-state index is 12.8. The molecule has 0 atom stereocenters. The highest BCUT2D eigenvalue weighted by atomic mass is 32.1. The number of nitriles is 1. The van der Waals surface area contributed by atoms with E-state index in [1.165, 1.54) is 48.5 Å². The molecule has 6 nitrogen and oxygen atoms in total. The van der Waals surface area contributed by atoms with Gasteiger partial charge < -0.3 is 20.5 Å². The van der Waals surface area contributed by atoms with E-state index in [0.717, 1.165) is 11.3 Å². The summed E-state index contributed by atoms with van der Waals surface area (Å²) in [5, 5.41) is 12.6. The molecule has 160 valence electrons. The molecule has 0 radical (unpaired) electrons. The Morgan fingerprint density at radius 1 is 0.968 bits per heavy atom. The number of ether oxygens (including phenoxy) is 2. The summed E-state index contributed by atoms with van der Waals surface area (Å²) in [6.45, 7) is -5.94. The van der Waals surface area contributed by atoms with E-state index >= 15 is 0 Å². The van der Waals surface area contributed by atoms with Crippen LogP contribution >= 0.6 is 11.3 Å². The van der Waals surface area contributed by atoms with Crippen LogP contribution < -0.4 is 20.5 Å². The molecular formula is C20H13F4N3O3S. The van der Waals surface area contributed by atoms with Gasteiger partial charge in [0.15, 0.2) is 0 Å². The largest absolute Gasteiger partial charge is 0.435 e. The molecule has 0 bridgehead atoms. The zero-order chi connectivity index (χ0) is 22.5. The lowest BCUT2D eigenvalue weighted by Crippen LogP contribution is -2.04. The number of halogens is 4. The Bertz CT molecular complexity index is 1110. The van der Waals surface area contributed by atoms with E-state index in [0.29, 0.717) is 5.69 Å². The van der Waals surface area contributed by atoms with E-state index in [-0.39, 0.29) is 38.2 Å². The molecule has 0 saturated carbocycles. The number of anilines is 3. The minimum absolute atomic E-state index is 0.0365. The number of nitrogens with two attached hydrogens (primary N) is 1. The van der Waals surface area contributed by atoms with Gasteiger partial charge in [-0.3, -0.25) is 4.79 Å². The molecule has 0 aliphatic carbocycles. The highest BCUT2D eigenvalue weighted by Gasteiger charge is 2.22. The zero-order valence-corrected chi connectivity index (χ0v) is 16.3. The highest BCUT2D eigenvalue weighted by Crippen LogP contribution is 2.38. The van der Waals surface area contributed by atoms with Gasteiger partial charge in [-0.1, -0.05) is 0 Å². The lowest BCUT2D eigenvalue weighted by atomic mass is 10.1. The zero-order valence-electron chi connectivity index (χ0n) is 15.4. The molecule has 11 heteroatoms. The van der Waals surface area contributed by atoms with Crippen molar-refractivity contribution in [3.05, 3.63) is 64.5 Å². The van der Waals surface area contributed by atoms with Crippen molar-refractivity contribution in [2.24, 2.45) is 0 Å². The van der Waals surface area contributed by atoms with Crippen LogP contribution in [-0.4, -0.2) is 19.0 Å². The summed E-state index contributed by atoms with van der Waals surface area (Å²) < 4.78 is 57.5. The first kappa shape index (κ1) is 21.9. The molecule has 0 amide bonds. The Hall–Kier alpha value is -3.78. The second kappa shape index (κ2) is 9.36. The van der Waals surface area contributed by atoms with Crippen LogP contribution in [0.4, 0.5) is 33.9 Å². The number of nitrogens with one attached hydrogen (secondary N) is 1. The number of thiophene rings is 1. The number of rotatable bonds is 8. The monoisotopic (exact) mass is 451 g/mol. The van der Waals surface area contributed by atoms with Crippen molar-refractivity contribution >= 4 is 33.5 Å². The minimum Gasteiger partial charge on any atom is -0.435 e. The van der Waals surface area contributed by atoms with Gasteiger partial charge in [0, 0.05) is 11.3 Å². The van der Waals surface area contributed by atoms with Crippen LogP contribution in [-0.2, 0) is 0 Å². The Morgan fingerprint density at radius 3 is 1.97 bits per heavy atom. The molecule has 3 rings (SSSR count). The van der Waals surface area contributed by atoms with Gasteiger partial charge in [-0.2, -0.15) is 22.8 Å². The third kappa shape index (κ3) is 5.23. The molecule has 0 saturated heterocycles. The summed E-state index contributed by atoms with van der Waals surface area (Å²) in [6.07, 6.45) is 0. The molecule has 0 unspecified atom stereocenters. The lowest BCUT2D eigenvalue weighted by Gasteiger charge is -2.07. The van der Waals surface area contributed by atoms with E-state index in [1.54, 1.807) is 0 Å². The molecule has 3 aromatic rings. The third-order valence-electron chi connectivity index (χ3n) is 3.94. The van der Waals surface area contributed by atoms with E-state index < -0.39 is 19.0 Å². The van der Waals surface area contributed by atoms with Crippen LogP contribution in [0.5, 0.6) is 11.5 Å². The number of ketones is 1. The molecule has 0 aliphatic rings. The summed E-state index contributed by atoms with van der Waals surface area (Å²) >= 11 is 0.928. The molecule has 31 heavy (non-hydrogen) atoms. The van der Waals surface area contributed by atoms with Gasteiger partial charge in [0.1, 0.15) is 33.0 Å². The van der Waals surface area contributed by atoms with Crippen molar-refractivity contribution < 1.29 is 31.8 Å². The SMILES string of the molecule is N#Cc1c(Nc2ccc(OC(F)F)cc2)sc(C(=O)c2ccc(OC(F)F)cc2)c1N. The predicted octanol–water partition coefficient (Wildman–Crippen LogP) is 5.38. The van der Waals surface area contributed by atoms with Crippen LogP contribution in [0.1, 0.15) is 20.8 Å². The summed E-state index contributed by atoms with van der Waals surface area (Å²) in [5.74, 6) is -0.650. The normalized spacial score (nSPS) is 10.7. The third-order valence-corrected chi connectivity index (χ3v) is 5.06. The number of carbonyl (C=O) groups excluding carboxylic acids is 1. The summed E-state index contributed by atoms with van der Waals surface area (Å²) in [6, 6.07) is 12.5. The van der Waals surface area contributed by atoms with Gasteiger partial charge in [-0.15, -0.1) is 11.3 Å². The average Bonchev–Trinajstić information content (AvgIpc) is 3.03. The smallest absolute Gasteiger partial charge is 0.387 e. The summed E-state index contributed by atoms with van der Waals surface area (Å²) in [5.41, 5.74) is 6.60. The Balaban J connectivity index is 1.83. The molecule has 2 aromatic carbocycles. The molecule has 1 aromatic heterocycles. The molecule has 0 aliphatic heterocycles. The van der Waals surface area contributed by atoms with Gasteiger partial charge in [0.05, 0.1) is 5.69 Å². The second-order valence-electron chi connectivity index (χ2n) is 5.92. The van der Waals surface area contributed by atoms with Crippen LogP contribution in [0.2, 0.25) is 0 Å². The number of carbonyl (C=O) groups is 1. The number of alkyl halides is 4. The van der Waals surface area contributed by atoms with Gasteiger partial charge in [-0.05, 0) is 48.5 Å². The van der Waals surface area contributed by atoms with Crippen molar-refractivity contribution in [2.75, 3.05) is 11.1 Å². The molecule has 0 fully saturated rings. The summed E-state index contributed by atoms with van der Waals surface area (Å²) in [4.78, 5) is 12.9. The predicted molar refractivity (Wildman–Crippen MR) is 106 cm³/mol. The fraction of sp³-hybridized carbons (Fsp3) is 0.100. The first-order valence-electron chi connectivity index (χ1n) is 8.52. The van der Waals surface area contributed by atoms with Crippen molar-refractivity contribution in [3.8, 4) is 17.6 Å². The van der Waals surface area contributed by atoms with Gasteiger partial charge in [0.25, 0.3) is 0 Å². The van der Waals surface area contributed by atoms with Crippen LogP contribution in [0.15, 0.2) is 48.5 Å². The molecule has 3 N–H and O–H groups in total. The van der Waals surface area contributed by atoms with Crippen LogP contribution in [0.25, 0.3) is 0 Å². The first-order valence-corrected chi connectivity index (χ1v) is 9.34. The quantitative estimate of drug-likeness (QED) is 0.353. The Morgan fingerprint density at radius 2 is 1.48 bits per heavy atom. The fourth-order valence-electron chi connectivity index (χ4n) is 2.58. The molecular weight excluding hydrogens is 438 g/mol. The Labute approximate surface area is 177 Å². The minimum atomic E-state index is -2.99. The number of benzene rings is 2. The summed E-state index contributed by atoms with van der Waals surface area (Å²) in [7, 11) is 0. The van der Waals surface area contributed by atoms with Crippen molar-refractivity contribution in [3.63, 3.8) is 0 Å². The number of hydrogen-bond acceptors (Lipinski definition) is 7. The van der Waals surface area contributed by atoms with Gasteiger partial charge in [-0.25, -0.2) is 0 Å². The maximum atomic E-state index is 12.8. The molecule has 1 heterocycles. The second-order valence-corrected chi connectivity index (χ2v) is 6.94. The number of hydrogen-bond donors (Lipinski definition) is 2. The highest BCUT2D eigenvalue weighted by molar-refractivity contribution is 7.19. The number of nitrogen functional groups attached to an aromatic ring is 1. The average molecular weight is 451 g/mol. The first-order chi connectivity index (χ1) is 14.8. The Kier molecular flexibility index (Phi) is 6.61. The van der Waals surface area contributed by atoms with E-state index in [1.807, 2.05) is 6.07 Å². The standard InChI is InChI=1S/C20H13F4N3O3S/c21-19(22)29-12-5-1-10(2-6-12)16(28)17-15(26)14(9-25)18(31-17)27-11-3-7-13(8-4-11)30-20(23)24/h1-8,19-20,27H,26H2. The molecule has 0 spiro atoms. The van der Waals surface area contributed by atoms with E-state index in [9.17, 15) is 27.6 Å². The fourth-order valence-corrected chi connectivity index (χ4v) is 3.63. The van der Waals surface area contributed by atoms with Gasteiger partial charge in [0.2, 0.25) is 5.78 Å². The van der Waals surface area contributed by atoms with Gasteiger partial charge >= 0.3 is 13.2 Å². The van der Waals surface area contributed by atoms with E-state index in [2.05, 4.69) is 14.8 Å². The van der Waals surface area contributed by atoms with Crippen molar-refractivity contribution in [1.82, 2.24) is 0 Å². The van der Waals surface area contributed by atoms with Crippen molar-refractivity contribution in [1.29, 1.82) is 5.26 Å². The number of nitrogens with zero attached hydrogens (tertiary/aromatic N) is 1. The van der Waals surface area contributed by atoms with Crippen molar-refractivity contribution in [2.45, 2.75) is 13.2 Å².